The topological polar surface area (TPSA) is 70.8 Å². The predicted octanol–water partition coefficient (Wildman–Crippen LogP) is 1.10. The molecule has 102 valence electrons. The highest BCUT2D eigenvalue weighted by Gasteiger charge is 2.13. The van der Waals surface area contributed by atoms with Gasteiger partial charge in [0.05, 0.1) is 19.8 Å². The van der Waals surface area contributed by atoms with Gasteiger partial charge in [0.25, 0.3) is 0 Å². The Hall–Kier alpha value is -0.650. The Morgan fingerprint density at radius 2 is 1.94 bits per heavy atom. The number of ether oxygens (including phenoxy) is 3. The Bertz CT molecular complexity index is 187. The molecule has 0 bridgehead atoms. The van der Waals surface area contributed by atoms with E-state index in [-0.39, 0.29) is 5.97 Å². The van der Waals surface area contributed by atoms with Crippen LogP contribution in [0.3, 0.4) is 0 Å². The summed E-state index contributed by atoms with van der Waals surface area (Å²) in [6.07, 6.45) is 3.38. The van der Waals surface area contributed by atoms with Gasteiger partial charge in [-0.1, -0.05) is 19.8 Å². The molecule has 0 unspecified atom stereocenters. The molecule has 0 saturated heterocycles. The summed E-state index contributed by atoms with van der Waals surface area (Å²) < 4.78 is 15.1. The Labute approximate surface area is 104 Å². The lowest BCUT2D eigenvalue weighted by molar-refractivity contribution is -0.145. The molecule has 2 N–H and O–H groups in total. The maximum atomic E-state index is 11.4. The molecule has 5 heteroatoms. The second-order valence-electron chi connectivity index (χ2n) is 3.87. The molecule has 0 saturated carbocycles. The molecule has 0 aromatic carbocycles. The van der Waals surface area contributed by atoms with E-state index >= 15 is 0 Å². The fraction of sp³-hybridized carbons (Fsp3) is 0.917. The number of rotatable bonds is 11. The summed E-state index contributed by atoms with van der Waals surface area (Å²) in [4.78, 5) is 11.4. The van der Waals surface area contributed by atoms with E-state index in [0.717, 1.165) is 12.8 Å². The highest BCUT2D eigenvalue weighted by atomic mass is 16.5. The van der Waals surface area contributed by atoms with Crippen molar-refractivity contribution in [3.63, 3.8) is 0 Å². The fourth-order valence-electron chi connectivity index (χ4n) is 1.23. The summed E-state index contributed by atoms with van der Waals surface area (Å²) in [5.41, 5.74) is 5.66. The molecule has 0 fully saturated rings. The van der Waals surface area contributed by atoms with Gasteiger partial charge in [-0.25, -0.2) is 0 Å². The van der Waals surface area contributed by atoms with Gasteiger partial charge in [-0.05, 0) is 6.42 Å². The second kappa shape index (κ2) is 11.8. The molecule has 0 aromatic rings. The van der Waals surface area contributed by atoms with E-state index in [0.29, 0.717) is 39.3 Å². The van der Waals surface area contributed by atoms with Crippen LogP contribution in [0.4, 0.5) is 0 Å². The lowest BCUT2D eigenvalue weighted by Gasteiger charge is -2.10. The quantitative estimate of drug-likeness (QED) is 0.437. The number of carbonyl (C=O) groups excluding carboxylic acids is 1. The SMILES string of the molecule is CCCC[C@H](N)C(=O)OCCCOCCOC. The van der Waals surface area contributed by atoms with Crippen LogP contribution in [-0.4, -0.2) is 45.5 Å². The summed E-state index contributed by atoms with van der Waals surface area (Å²) in [6, 6.07) is -0.482. The van der Waals surface area contributed by atoms with Crippen molar-refractivity contribution in [3.8, 4) is 0 Å². The van der Waals surface area contributed by atoms with Crippen LogP contribution in [0.15, 0.2) is 0 Å². The van der Waals surface area contributed by atoms with Gasteiger partial charge in [-0.3, -0.25) is 4.79 Å². The molecule has 1 atom stereocenters. The first-order chi connectivity index (χ1) is 8.22. The zero-order valence-electron chi connectivity index (χ0n) is 10.9. The third kappa shape index (κ3) is 10.2. The summed E-state index contributed by atoms with van der Waals surface area (Å²) in [5.74, 6) is -0.310. The first-order valence-corrected chi connectivity index (χ1v) is 6.21. The summed E-state index contributed by atoms with van der Waals surface area (Å²) >= 11 is 0. The van der Waals surface area contributed by atoms with E-state index in [2.05, 4.69) is 6.92 Å². The van der Waals surface area contributed by atoms with Gasteiger partial charge in [-0.2, -0.15) is 0 Å². The van der Waals surface area contributed by atoms with Crippen molar-refractivity contribution in [2.75, 3.05) is 33.5 Å². The monoisotopic (exact) mass is 247 g/mol. The summed E-state index contributed by atoms with van der Waals surface area (Å²) in [7, 11) is 1.63. The Kier molecular flexibility index (Phi) is 11.4. The van der Waals surface area contributed by atoms with Crippen molar-refractivity contribution in [1.29, 1.82) is 0 Å². The number of esters is 1. The van der Waals surface area contributed by atoms with Crippen LogP contribution in [0.2, 0.25) is 0 Å². The molecule has 0 radical (unpaired) electrons. The Morgan fingerprint density at radius 1 is 1.18 bits per heavy atom. The molecule has 0 spiro atoms. The van der Waals surface area contributed by atoms with Crippen LogP contribution in [0.1, 0.15) is 32.6 Å². The van der Waals surface area contributed by atoms with Gasteiger partial charge in [0.15, 0.2) is 0 Å². The maximum absolute atomic E-state index is 11.4. The molecule has 0 aliphatic heterocycles. The van der Waals surface area contributed by atoms with Gasteiger partial charge >= 0.3 is 5.97 Å². The van der Waals surface area contributed by atoms with E-state index in [1.54, 1.807) is 7.11 Å². The third-order valence-electron chi connectivity index (χ3n) is 2.28. The summed E-state index contributed by atoms with van der Waals surface area (Å²) in [6.45, 7) is 4.16. The number of unbranched alkanes of at least 4 members (excludes halogenated alkanes) is 1. The van der Waals surface area contributed by atoms with Gasteiger partial charge in [-0.15, -0.1) is 0 Å². The molecular weight excluding hydrogens is 222 g/mol. The Balaban J connectivity index is 3.32. The first-order valence-electron chi connectivity index (χ1n) is 6.21. The zero-order valence-corrected chi connectivity index (χ0v) is 10.9. The van der Waals surface area contributed by atoms with Crippen molar-refractivity contribution >= 4 is 5.97 Å². The number of nitrogens with two attached hydrogens (primary N) is 1. The number of carbonyl (C=O) groups is 1. The molecule has 0 rings (SSSR count). The first kappa shape index (κ1) is 16.4. The van der Waals surface area contributed by atoms with Gasteiger partial charge in [0, 0.05) is 20.1 Å². The smallest absolute Gasteiger partial charge is 0.322 e. The average molecular weight is 247 g/mol. The van der Waals surface area contributed by atoms with Crippen LogP contribution >= 0.6 is 0 Å². The van der Waals surface area contributed by atoms with Crippen LogP contribution < -0.4 is 5.73 Å². The van der Waals surface area contributed by atoms with Crippen molar-refractivity contribution in [2.45, 2.75) is 38.6 Å². The van der Waals surface area contributed by atoms with Crippen LogP contribution in [0.25, 0.3) is 0 Å². The zero-order chi connectivity index (χ0) is 12.9. The number of methoxy groups -OCH3 is 1. The van der Waals surface area contributed by atoms with Crippen molar-refractivity contribution < 1.29 is 19.0 Å². The minimum Gasteiger partial charge on any atom is -0.464 e. The highest BCUT2D eigenvalue weighted by molar-refractivity contribution is 5.75. The molecule has 0 aromatic heterocycles. The van der Waals surface area contributed by atoms with Gasteiger partial charge in [0.1, 0.15) is 6.04 Å². The third-order valence-corrected chi connectivity index (χ3v) is 2.28. The average Bonchev–Trinajstić information content (AvgIpc) is 2.34. The number of hydrogen-bond donors (Lipinski definition) is 1. The van der Waals surface area contributed by atoms with Crippen LogP contribution in [-0.2, 0) is 19.0 Å². The van der Waals surface area contributed by atoms with Crippen molar-refractivity contribution in [2.24, 2.45) is 5.73 Å². The predicted molar refractivity (Wildman–Crippen MR) is 65.8 cm³/mol. The Morgan fingerprint density at radius 3 is 2.59 bits per heavy atom. The van der Waals surface area contributed by atoms with E-state index in [1.165, 1.54) is 0 Å². The minimum atomic E-state index is -0.482. The van der Waals surface area contributed by atoms with E-state index in [1.807, 2.05) is 0 Å². The molecule has 0 amide bonds. The molecular formula is C12H25NO4. The van der Waals surface area contributed by atoms with Crippen molar-refractivity contribution in [1.82, 2.24) is 0 Å². The maximum Gasteiger partial charge on any atom is 0.322 e. The summed E-state index contributed by atoms with van der Waals surface area (Å²) in [5, 5.41) is 0. The fourth-order valence-corrected chi connectivity index (χ4v) is 1.23. The molecule has 17 heavy (non-hydrogen) atoms. The lowest BCUT2D eigenvalue weighted by atomic mass is 10.1. The van der Waals surface area contributed by atoms with Crippen molar-refractivity contribution in [3.05, 3.63) is 0 Å². The molecule has 0 aliphatic carbocycles. The molecule has 5 nitrogen and oxygen atoms in total. The molecule has 0 aliphatic rings. The van der Waals surface area contributed by atoms with Gasteiger partial charge in [0.2, 0.25) is 0 Å². The number of hydrogen-bond acceptors (Lipinski definition) is 5. The van der Waals surface area contributed by atoms with Crippen LogP contribution in [0.5, 0.6) is 0 Å². The highest BCUT2D eigenvalue weighted by Crippen LogP contribution is 2.00. The van der Waals surface area contributed by atoms with E-state index in [9.17, 15) is 4.79 Å². The standard InChI is InChI=1S/C12H25NO4/c1-3-4-6-11(13)12(14)17-8-5-7-16-10-9-15-2/h11H,3-10,13H2,1-2H3/t11-/m0/s1. The molecule has 0 heterocycles. The van der Waals surface area contributed by atoms with Gasteiger partial charge < -0.3 is 19.9 Å². The van der Waals surface area contributed by atoms with E-state index < -0.39 is 6.04 Å². The normalized spacial score (nSPS) is 12.4. The van der Waals surface area contributed by atoms with Crippen LogP contribution in [0, 0.1) is 0 Å². The largest absolute Gasteiger partial charge is 0.464 e. The minimum absolute atomic E-state index is 0.310. The second-order valence-corrected chi connectivity index (χ2v) is 3.87. The van der Waals surface area contributed by atoms with E-state index in [4.69, 9.17) is 19.9 Å². The lowest BCUT2D eigenvalue weighted by Crippen LogP contribution is -2.32.